The summed E-state index contributed by atoms with van der Waals surface area (Å²) in [7, 11) is 0. The summed E-state index contributed by atoms with van der Waals surface area (Å²) >= 11 is 3.46. The van der Waals surface area contributed by atoms with Crippen LogP contribution in [0.1, 0.15) is 29.9 Å². The first kappa shape index (κ1) is 12.7. The van der Waals surface area contributed by atoms with Crippen molar-refractivity contribution >= 4 is 15.9 Å². The van der Waals surface area contributed by atoms with Gasteiger partial charge in [0, 0.05) is 17.7 Å². The third-order valence-corrected chi connectivity index (χ3v) is 2.95. The van der Waals surface area contributed by atoms with E-state index in [0.29, 0.717) is 12.8 Å². The normalized spacial score (nSPS) is 11.0. The van der Waals surface area contributed by atoms with Crippen LogP contribution in [-0.4, -0.2) is 23.4 Å². The number of aliphatic hydroxyl groups is 2. The molecule has 84 valence electrons. The van der Waals surface area contributed by atoms with Gasteiger partial charge in [0.25, 0.3) is 0 Å². The second-order valence-corrected chi connectivity index (χ2v) is 4.70. The van der Waals surface area contributed by atoms with E-state index < -0.39 is 0 Å². The molecule has 0 aromatic heterocycles. The minimum atomic E-state index is 0.163. The molecular weight excluding hydrogens is 256 g/mol. The highest BCUT2D eigenvalue weighted by atomic mass is 79.9. The molecule has 0 amide bonds. The quantitative estimate of drug-likeness (QED) is 0.865. The predicted octanol–water partition coefficient (Wildman–Crippen LogP) is 2.61. The van der Waals surface area contributed by atoms with Crippen molar-refractivity contribution in [3.63, 3.8) is 0 Å². The lowest BCUT2D eigenvalue weighted by Crippen LogP contribution is -2.04. The van der Waals surface area contributed by atoms with Gasteiger partial charge in [0.15, 0.2) is 0 Å². The molecule has 0 heterocycles. The van der Waals surface area contributed by atoms with Gasteiger partial charge < -0.3 is 10.2 Å². The van der Waals surface area contributed by atoms with Gasteiger partial charge in [0.1, 0.15) is 0 Å². The first-order chi connectivity index (χ1) is 7.17. The summed E-state index contributed by atoms with van der Waals surface area (Å²) in [5.41, 5.74) is 2.38. The van der Waals surface area contributed by atoms with E-state index in [4.69, 9.17) is 10.2 Å². The standard InChI is InChI=1S/C12H17BrO2/c1-9-6-11(8-12(13)7-9)10(2-4-14)3-5-15/h6-8,10,14-15H,2-5H2,1H3. The van der Waals surface area contributed by atoms with Crippen molar-refractivity contribution in [1.29, 1.82) is 0 Å². The summed E-state index contributed by atoms with van der Waals surface area (Å²) in [6.45, 7) is 2.37. The highest BCUT2D eigenvalue weighted by Crippen LogP contribution is 2.26. The van der Waals surface area contributed by atoms with Gasteiger partial charge in [-0.1, -0.05) is 22.0 Å². The number of aliphatic hydroxyl groups excluding tert-OH is 2. The van der Waals surface area contributed by atoms with Gasteiger partial charge >= 0.3 is 0 Å². The first-order valence-electron chi connectivity index (χ1n) is 5.16. The van der Waals surface area contributed by atoms with Crippen molar-refractivity contribution in [2.24, 2.45) is 0 Å². The maximum absolute atomic E-state index is 8.97. The molecule has 0 unspecified atom stereocenters. The Labute approximate surface area is 99.1 Å². The van der Waals surface area contributed by atoms with Gasteiger partial charge in [0.05, 0.1) is 0 Å². The molecule has 0 radical (unpaired) electrons. The molecule has 1 rings (SSSR count). The van der Waals surface area contributed by atoms with Gasteiger partial charge in [-0.05, 0) is 48.9 Å². The summed E-state index contributed by atoms with van der Waals surface area (Å²) < 4.78 is 1.05. The van der Waals surface area contributed by atoms with Gasteiger partial charge in [-0.25, -0.2) is 0 Å². The third kappa shape index (κ3) is 3.93. The Hall–Kier alpha value is -0.380. The molecule has 0 aliphatic carbocycles. The van der Waals surface area contributed by atoms with Crippen LogP contribution < -0.4 is 0 Å². The Bertz CT molecular complexity index is 286. The zero-order valence-electron chi connectivity index (χ0n) is 8.91. The molecule has 0 bridgehead atoms. The maximum Gasteiger partial charge on any atom is 0.0436 e. The molecule has 0 saturated heterocycles. The molecular formula is C12H17BrO2. The SMILES string of the molecule is Cc1cc(Br)cc(C(CCO)CCO)c1. The molecule has 3 heteroatoms. The van der Waals surface area contributed by atoms with E-state index in [9.17, 15) is 0 Å². The van der Waals surface area contributed by atoms with Crippen LogP contribution in [0, 0.1) is 6.92 Å². The van der Waals surface area contributed by atoms with E-state index in [0.717, 1.165) is 4.47 Å². The van der Waals surface area contributed by atoms with Crippen LogP contribution in [-0.2, 0) is 0 Å². The van der Waals surface area contributed by atoms with Crippen LogP contribution in [0.4, 0.5) is 0 Å². The van der Waals surface area contributed by atoms with Crippen molar-refractivity contribution in [3.8, 4) is 0 Å². The molecule has 1 aromatic rings. The van der Waals surface area contributed by atoms with Gasteiger partial charge in [-0.15, -0.1) is 0 Å². The number of hydrogen-bond donors (Lipinski definition) is 2. The van der Waals surface area contributed by atoms with Crippen molar-refractivity contribution in [3.05, 3.63) is 33.8 Å². The van der Waals surface area contributed by atoms with Crippen LogP contribution in [0.2, 0.25) is 0 Å². The predicted molar refractivity (Wildman–Crippen MR) is 65.0 cm³/mol. The van der Waals surface area contributed by atoms with Crippen LogP contribution >= 0.6 is 15.9 Å². The van der Waals surface area contributed by atoms with E-state index >= 15 is 0 Å². The number of hydrogen-bond acceptors (Lipinski definition) is 2. The first-order valence-corrected chi connectivity index (χ1v) is 5.95. The molecule has 0 atom stereocenters. The summed E-state index contributed by atoms with van der Waals surface area (Å²) in [5, 5.41) is 17.9. The highest BCUT2D eigenvalue weighted by Gasteiger charge is 2.11. The molecule has 0 saturated carbocycles. The van der Waals surface area contributed by atoms with Crippen molar-refractivity contribution in [2.45, 2.75) is 25.7 Å². The Morgan fingerprint density at radius 2 is 1.73 bits per heavy atom. The van der Waals surface area contributed by atoms with E-state index in [-0.39, 0.29) is 19.1 Å². The third-order valence-electron chi connectivity index (χ3n) is 2.49. The Kier molecular flexibility index (Phi) is 5.29. The van der Waals surface area contributed by atoms with E-state index in [1.54, 1.807) is 0 Å². The van der Waals surface area contributed by atoms with E-state index in [2.05, 4.69) is 34.1 Å². The minimum absolute atomic E-state index is 0.163. The summed E-state index contributed by atoms with van der Waals surface area (Å²) in [6, 6.07) is 6.22. The molecule has 0 aliphatic rings. The smallest absolute Gasteiger partial charge is 0.0436 e. The number of halogens is 1. The summed E-state index contributed by atoms with van der Waals surface area (Å²) in [4.78, 5) is 0. The van der Waals surface area contributed by atoms with Crippen LogP contribution in [0.15, 0.2) is 22.7 Å². The Morgan fingerprint density at radius 1 is 1.13 bits per heavy atom. The molecule has 0 fully saturated rings. The molecule has 15 heavy (non-hydrogen) atoms. The fourth-order valence-corrected chi connectivity index (χ4v) is 2.42. The molecule has 1 aromatic carbocycles. The number of benzene rings is 1. The van der Waals surface area contributed by atoms with Crippen LogP contribution in [0.5, 0.6) is 0 Å². The van der Waals surface area contributed by atoms with Crippen molar-refractivity contribution < 1.29 is 10.2 Å². The maximum atomic E-state index is 8.97. The largest absolute Gasteiger partial charge is 0.396 e. The molecule has 2 nitrogen and oxygen atoms in total. The second-order valence-electron chi connectivity index (χ2n) is 3.78. The van der Waals surface area contributed by atoms with Gasteiger partial charge in [-0.3, -0.25) is 0 Å². The molecule has 2 N–H and O–H groups in total. The van der Waals surface area contributed by atoms with Gasteiger partial charge in [0.2, 0.25) is 0 Å². The highest BCUT2D eigenvalue weighted by molar-refractivity contribution is 9.10. The fraction of sp³-hybridized carbons (Fsp3) is 0.500. The zero-order valence-corrected chi connectivity index (χ0v) is 10.5. The van der Waals surface area contributed by atoms with Crippen LogP contribution in [0.3, 0.4) is 0 Å². The van der Waals surface area contributed by atoms with Crippen molar-refractivity contribution in [2.75, 3.05) is 13.2 Å². The topological polar surface area (TPSA) is 40.5 Å². The molecule has 0 spiro atoms. The average molecular weight is 273 g/mol. The fourth-order valence-electron chi connectivity index (χ4n) is 1.79. The number of aryl methyl sites for hydroxylation is 1. The number of rotatable bonds is 5. The lowest BCUT2D eigenvalue weighted by atomic mass is 9.92. The average Bonchev–Trinajstić information content (AvgIpc) is 2.16. The Balaban J connectivity index is 2.88. The zero-order chi connectivity index (χ0) is 11.3. The van der Waals surface area contributed by atoms with E-state index in [1.807, 2.05) is 6.92 Å². The van der Waals surface area contributed by atoms with Crippen molar-refractivity contribution in [1.82, 2.24) is 0 Å². The summed E-state index contributed by atoms with van der Waals surface area (Å²) in [5.74, 6) is 0.246. The monoisotopic (exact) mass is 272 g/mol. The van der Waals surface area contributed by atoms with E-state index in [1.165, 1.54) is 11.1 Å². The lowest BCUT2D eigenvalue weighted by Gasteiger charge is -2.16. The minimum Gasteiger partial charge on any atom is -0.396 e. The van der Waals surface area contributed by atoms with Gasteiger partial charge in [-0.2, -0.15) is 0 Å². The molecule has 0 aliphatic heterocycles. The van der Waals surface area contributed by atoms with Crippen LogP contribution in [0.25, 0.3) is 0 Å². The second kappa shape index (κ2) is 6.26. The Morgan fingerprint density at radius 3 is 2.20 bits per heavy atom. The lowest BCUT2D eigenvalue weighted by molar-refractivity contribution is 0.242. The summed E-state index contributed by atoms with van der Waals surface area (Å²) in [6.07, 6.45) is 1.41.